The van der Waals surface area contributed by atoms with Gasteiger partial charge in [0.25, 0.3) is 0 Å². The van der Waals surface area contributed by atoms with Crippen molar-refractivity contribution in [2.24, 2.45) is 0 Å². The van der Waals surface area contributed by atoms with Gasteiger partial charge in [0.1, 0.15) is 11.5 Å². The third kappa shape index (κ3) is 4.24. The molecule has 0 fully saturated rings. The van der Waals surface area contributed by atoms with Crippen LogP contribution in [-0.4, -0.2) is 17.6 Å². The number of aryl methyl sites for hydroxylation is 2. The van der Waals surface area contributed by atoms with E-state index in [2.05, 4.69) is 5.32 Å². The van der Waals surface area contributed by atoms with Gasteiger partial charge in [0.2, 0.25) is 5.91 Å². The Bertz CT molecular complexity index is 638. The van der Waals surface area contributed by atoms with E-state index in [0.29, 0.717) is 12.3 Å². The van der Waals surface area contributed by atoms with Gasteiger partial charge in [0, 0.05) is 0 Å². The molecule has 0 heterocycles. The normalized spacial score (nSPS) is 10.2. The molecule has 0 aliphatic heterocycles. The lowest BCUT2D eigenvalue weighted by Gasteiger charge is -2.10. The summed E-state index contributed by atoms with van der Waals surface area (Å²) in [5.74, 6) is 0.661. The van der Waals surface area contributed by atoms with Gasteiger partial charge in [-0.05, 0) is 43.2 Å². The average molecular weight is 285 g/mol. The van der Waals surface area contributed by atoms with Gasteiger partial charge in [0.05, 0.1) is 18.7 Å². The molecule has 1 amide bonds. The first-order chi connectivity index (χ1) is 10.1. The van der Waals surface area contributed by atoms with E-state index in [9.17, 15) is 9.90 Å². The van der Waals surface area contributed by atoms with Crippen molar-refractivity contribution < 1.29 is 14.6 Å². The zero-order valence-corrected chi connectivity index (χ0v) is 12.2. The number of phenols is 1. The van der Waals surface area contributed by atoms with Crippen LogP contribution in [0.25, 0.3) is 0 Å². The van der Waals surface area contributed by atoms with Crippen LogP contribution in [0.15, 0.2) is 42.5 Å². The molecule has 2 N–H and O–H groups in total. The van der Waals surface area contributed by atoms with Crippen LogP contribution >= 0.6 is 0 Å². The third-order valence-corrected chi connectivity index (χ3v) is 3.11. The molecule has 4 heteroatoms. The fourth-order valence-corrected chi connectivity index (χ4v) is 1.93. The van der Waals surface area contributed by atoms with E-state index in [4.69, 9.17) is 4.74 Å². The molecule has 0 aromatic heterocycles. The number of anilines is 1. The number of benzene rings is 2. The molecule has 0 atom stereocenters. The molecule has 0 aliphatic rings. The maximum Gasteiger partial charge on any atom is 0.227 e. The number of aromatic hydroxyl groups is 1. The number of carbonyl (C=O) groups excluding carboxylic acids is 1. The first-order valence-electron chi connectivity index (χ1n) is 6.84. The smallest absolute Gasteiger partial charge is 0.227 e. The van der Waals surface area contributed by atoms with Crippen molar-refractivity contribution >= 4 is 11.6 Å². The molecule has 0 bridgehead atoms. The number of carbonyl (C=O) groups is 1. The van der Waals surface area contributed by atoms with Gasteiger partial charge in [-0.2, -0.15) is 0 Å². The molecule has 21 heavy (non-hydrogen) atoms. The maximum absolute atomic E-state index is 11.8. The second-order valence-electron chi connectivity index (χ2n) is 4.93. The number of para-hydroxylation sites is 1. The van der Waals surface area contributed by atoms with Crippen LogP contribution in [0.1, 0.15) is 17.5 Å². The second-order valence-corrected chi connectivity index (χ2v) is 4.93. The summed E-state index contributed by atoms with van der Waals surface area (Å²) in [5.41, 5.74) is 2.39. The molecule has 0 aliphatic carbocycles. The van der Waals surface area contributed by atoms with Crippen molar-refractivity contribution in [3.8, 4) is 11.5 Å². The van der Waals surface area contributed by atoms with E-state index in [1.54, 1.807) is 12.1 Å². The lowest BCUT2D eigenvalue weighted by molar-refractivity contribution is -0.116. The predicted molar refractivity (Wildman–Crippen MR) is 82.8 cm³/mol. The van der Waals surface area contributed by atoms with Crippen molar-refractivity contribution in [1.29, 1.82) is 0 Å². The Morgan fingerprint density at radius 3 is 2.67 bits per heavy atom. The highest BCUT2D eigenvalue weighted by Gasteiger charge is 2.07. The van der Waals surface area contributed by atoms with Gasteiger partial charge in [-0.15, -0.1) is 0 Å². The maximum atomic E-state index is 11.8. The number of hydrogen-bond acceptors (Lipinski definition) is 3. The molecule has 0 spiro atoms. The van der Waals surface area contributed by atoms with Crippen molar-refractivity contribution in [2.75, 3.05) is 11.9 Å². The highest BCUT2D eigenvalue weighted by Crippen LogP contribution is 2.24. The van der Waals surface area contributed by atoms with Crippen LogP contribution in [-0.2, 0) is 4.79 Å². The number of phenolic OH excluding ortho intramolecular Hbond substituents is 1. The molecule has 2 rings (SSSR count). The number of hydrogen-bond donors (Lipinski definition) is 2. The summed E-state index contributed by atoms with van der Waals surface area (Å²) in [6.07, 6.45) is 0.224. The molecule has 2 aromatic carbocycles. The van der Waals surface area contributed by atoms with E-state index < -0.39 is 0 Å². The topological polar surface area (TPSA) is 58.6 Å². The molecule has 0 saturated carbocycles. The first-order valence-corrected chi connectivity index (χ1v) is 6.84. The Morgan fingerprint density at radius 1 is 1.19 bits per heavy atom. The Kier molecular flexibility index (Phi) is 4.82. The lowest BCUT2D eigenvalue weighted by atomic mass is 10.2. The van der Waals surface area contributed by atoms with Crippen LogP contribution < -0.4 is 10.1 Å². The Morgan fingerprint density at radius 2 is 1.95 bits per heavy atom. The second kappa shape index (κ2) is 6.79. The van der Waals surface area contributed by atoms with Gasteiger partial charge in [0.15, 0.2) is 0 Å². The highest BCUT2D eigenvalue weighted by atomic mass is 16.5. The summed E-state index contributed by atoms with van der Waals surface area (Å²) in [5, 5.41) is 12.4. The number of nitrogens with one attached hydrogen (secondary N) is 1. The van der Waals surface area contributed by atoms with E-state index in [1.165, 1.54) is 0 Å². The van der Waals surface area contributed by atoms with Crippen LogP contribution in [0.3, 0.4) is 0 Å². The van der Waals surface area contributed by atoms with Gasteiger partial charge in [-0.3, -0.25) is 4.79 Å². The van der Waals surface area contributed by atoms with Crippen molar-refractivity contribution in [1.82, 2.24) is 0 Å². The fourth-order valence-electron chi connectivity index (χ4n) is 1.93. The molecule has 0 saturated heterocycles. The summed E-state index contributed by atoms with van der Waals surface area (Å²) in [6.45, 7) is 4.13. The molecule has 110 valence electrons. The first kappa shape index (κ1) is 14.9. The van der Waals surface area contributed by atoms with E-state index in [0.717, 1.165) is 16.9 Å². The predicted octanol–water partition coefficient (Wildman–Crippen LogP) is 3.42. The summed E-state index contributed by atoms with van der Waals surface area (Å²) < 4.78 is 5.57. The summed E-state index contributed by atoms with van der Waals surface area (Å²) >= 11 is 0. The van der Waals surface area contributed by atoms with Crippen molar-refractivity contribution in [2.45, 2.75) is 20.3 Å². The minimum absolute atomic E-state index is 0.0724. The molecular weight excluding hydrogens is 266 g/mol. The molecule has 0 unspecified atom stereocenters. The number of amides is 1. The van der Waals surface area contributed by atoms with E-state index in [1.807, 2.05) is 44.2 Å². The van der Waals surface area contributed by atoms with Crippen LogP contribution in [0, 0.1) is 13.8 Å². The summed E-state index contributed by atoms with van der Waals surface area (Å²) in [6, 6.07) is 12.8. The van der Waals surface area contributed by atoms with Crippen LogP contribution in [0.5, 0.6) is 11.5 Å². The lowest BCUT2D eigenvalue weighted by Crippen LogP contribution is -2.15. The van der Waals surface area contributed by atoms with Gasteiger partial charge in [-0.1, -0.05) is 24.3 Å². The largest absolute Gasteiger partial charge is 0.506 e. The van der Waals surface area contributed by atoms with Crippen molar-refractivity contribution in [3.05, 3.63) is 53.6 Å². The summed E-state index contributed by atoms with van der Waals surface area (Å²) in [7, 11) is 0. The zero-order valence-electron chi connectivity index (χ0n) is 12.2. The van der Waals surface area contributed by atoms with Crippen LogP contribution in [0.2, 0.25) is 0 Å². The van der Waals surface area contributed by atoms with Crippen molar-refractivity contribution in [3.63, 3.8) is 0 Å². The minimum Gasteiger partial charge on any atom is -0.506 e. The molecule has 2 aromatic rings. The number of ether oxygens (including phenoxy) is 1. The SMILES string of the molecule is Cc1ccc(NC(=O)CCOc2ccccc2C)c(O)c1. The third-order valence-electron chi connectivity index (χ3n) is 3.11. The quantitative estimate of drug-likeness (QED) is 0.828. The minimum atomic E-state index is -0.192. The van der Waals surface area contributed by atoms with Crippen LogP contribution in [0.4, 0.5) is 5.69 Å². The average Bonchev–Trinajstić information content (AvgIpc) is 2.44. The monoisotopic (exact) mass is 285 g/mol. The fraction of sp³-hybridized carbons (Fsp3) is 0.235. The standard InChI is InChI=1S/C17H19NO3/c1-12-7-8-14(15(19)11-12)18-17(20)9-10-21-16-6-4-3-5-13(16)2/h3-8,11,19H,9-10H2,1-2H3,(H,18,20). The van der Waals surface area contributed by atoms with Gasteiger partial charge in [-0.25, -0.2) is 0 Å². The molecular formula is C17H19NO3. The van der Waals surface area contributed by atoms with Gasteiger partial charge >= 0.3 is 0 Å². The Balaban J connectivity index is 1.84. The van der Waals surface area contributed by atoms with E-state index in [-0.39, 0.29) is 18.1 Å². The van der Waals surface area contributed by atoms with E-state index >= 15 is 0 Å². The molecule has 0 radical (unpaired) electrons. The molecule has 4 nitrogen and oxygen atoms in total. The number of rotatable bonds is 5. The summed E-state index contributed by atoms with van der Waals surface area (Å²) in [4.78, 5) is 11.8. The highest BCUT2D eigenvalue weighted by molar-refractivity contribution is 5.92. The zero-order chi connectivity index (χ0) is 15.2. The Hall–Kier alpha value is -2.49. The Labute approximate surface area is 124 Å². The van der Waals surface area contributed by atoms with Gasteiger partial charge < -0.3 is 15.2 Å².